The Bertz CT molecular complexity index is 2210. The number of hydrogen-bond acceptors (Lipinski definition) is 19. The van der Waals surface area contributed by atoms with Crippen LogP contribution in [0.1, 0.15) is 97.0 Å². The summed E-state index contributed by atoms with van der Waals surface area (Å²) in [7, 11) is 0. The summed E-state index contributed by atoms with van der Waals surface area (Å²) in [5.41, 5.74) is 23.6. The minimum Gasteiger partial charge on any atom is -0.394 e. The lowest BCUT2D eigenvalue weighted by Gasteiger charge is -2.29. The standard InChI is InChI=1S/C51H87N15O15/c1-4-5-6-7-11-14-39(71)57-31(15-20-52)47(77)65-41(29(3)70)51(81)64-38(27-68)49(79)60-35-19-24-56-42(72)37(26-67)63-45(75)33(17-22-54)58-43(73)34(18-23-55)61-50(80)40(28(2)69)66-48(78)36(25-30-12-9-8-10-13-30)62-44(74)32(16-21-53)59-46(35)76/h8-10,12-13,28-29,31-38,40-41,67-70H,4-7,11,14-27,52-55H2,1-3H3,(H,56,72)(H,57,71)(H,58,73)(H,59,76)(H,60,79)(H,61,80)(H,62,74)(H,63,75)(H,64,81)(H,65,77)(H,66,78)/t28-,29-,31+,32+,33+,34+,35+,36-,37+,38?,40+,41+/m1/s1. The minimum absolute atomic E-state index is 0.0461. The van der Waals surface area contributed by atoms with Crippen molar-refractivity contribution < 1.29 is 73.2 Å². The molecule has 0 aliphatic carbocycles. The van der Waals surface area contributed by atoms with Crippen LogP contribution < -0.4 is 81.4 Å². The molecule has 456 valence electrons. The highest BCUT2D eigenvalue weighted by molar-refractivity contribution is 5.99. The van der Waals surface area contributed by atoms with E-state index in [1.807, 2.05) is 6.92 Å². The number of carbonyl (C=O) groups is 11. The fraction of sp³-hybridized carbons (Fsp3) is 0.667. The Labute approximate surface area is 470 Å². The van der Waals surface area contributed by atoms with Crippen molar-refractivity contribution >= 4 is 65.0 Å². The third-order valence-corrected chi connectivity index (χ3v) is 12.9. The zero-order valence-corrected chi connectivity index (χ0v) is 46.3. The lowest BCUT2D eigenvalue weighted by Crippen LogP contribution is -2.62. The second-order valence-electron chi connectivity index (χ2n) is 19.6. The van der Waals surface area contributed by atoms with E-state index in [2.05, 4.69) is 58.5 Å². The van der Waals surface area contributed by atoms with E-state index in [1.165, 1.54) is 6.92 Å². The van der Waals surface area contributed by atoms with Crippen LogP contribution in [0.2, 0.25) is 0 Å². The maximum Gasteiger partial charge on any atom is 0.245 e. The first-order chi connectivity index (χ1) is 38.6. The summed E-state index contributed by atoms with van der Waals surface area (Å²) in [5.74, 6) is -11.0. The summed E-state index contributed by atoms with van der Waals surface area (Å²) >= 11 is 0. The summed E-state index contributed by atoms with van der Waals surface area (Å²) in [6, 6.07) is -7.92. The number of unbranched alkanes of at least 4 members (excludes halogenated alkanes) is 4. The number of aliphatic hydroxyl groups is 4. The van der Waals surface area contributed by atoms with Gasteiger partial charge in [-0.15, -0.1) is 0 Å². The second-order valence-corrected chi connectivity index (χ2v) is 19.6. The number of nitrogens with one attached hydrogen (secondary N) is 11. The van der Waals surface area contributed by atoms with Crippen LogP contribution in [0.4, 0.5) is 0 Å². The van der Waals surface area contributed by atoms with Gasteiger partial charge in [0, 0.05) is 19.4 Å². The molecule has 0 bridgehead atoms. The van der Waals surface area contributed by atoms with E-state index in [-0.39, 0.29) is 64.7 Å². The summed E-state index contributed by atoms with van der Waals surface area (Å²) < 4.78 is 0. The number of carbonyl (C=O) groups excluding carboxylic acids is 11. The Morgan fingerprint density at radius 3 is 1.64 bits per heavy atom. The van der Waals surface area contributed by atoms with Crippen molar-refractivity contribution in [3.63, 3.8) is 0 Å². The predicted molar refractivity (Wildman–Crippen MR) is 293 cm³/mol. The van der Waals surface area contributed by atoms with E-state index >= 15 is 0 Å². The van der Waals surface area contributed by atoms with Crippen molar-refractivity contribution in [3.05, 3.63) is 35.9 Å². The number of hydrogen-bond donors (Lipinski definition) is 19. The molecule has 81 heavy (non-hydrogen) atoms. The van der Waals surface area contributed by atoms with Gasteiger partial charge in [-0.05, 0) is 84.1 Å². The number of amides is 11. The van der Waals surface area contributed by atoms with Crippen LogP contribution in [-0.4, -0.2) is 204 Å². The summed E-state index contributed by atoms with van der Waals surface area (Å²) in [6.45, 7) is 1.05. The molecule has 11 amide bonds. The zero-order valence-electron chi connectivity index (χ0n) is 46.3. The van der Waals surface area contributed by atoms with E-state index < -0.39 is 164 Å². The van der Waals surface area contributed by atoms with Crippen LogP contribution in [0.3, 0.4) is 0 Å². The average molecular weight is 1150 g/mol. The Kier molecular flexibility index (Phi) is 32.8. The van der Waals surface area contributed by atoms with Crippen LogP contribution >= 0.6 is 0 Å². The molecule has 30 heteroatoms. The average Bonchev–Trinajstić information content (AvgIpc) is 3.44. The molecule has 0 saturated carbocycles. The summed E-state index contributed by atoms with van der Waals surface area (Å²) in [6.07, 6.45) is -0.357. The molecule has 1 aromatic rings. The molecule has 1 saturated heterocycles. The van der Waals surface area contributed by atoms with Gasteiger partial charge in [-0.25, -0.2) is 0 Å². The molecule has 1 unspecified atom stereocenters. The molecule has 1 aromatic carbocycles. The molecular weight excluding hydrogens is 1060 g/mol. The first-order valence-corrected chi connectivity index (χ1v) is 27.3. The number of benzene rings is 1. The van der Waals surface area contributed by atoms with E-state index in [0.29, 0.717) is 12.0 Å². The largest absolute Gasteiger partial charge is 0.394 e. The normalized spacial score (nSPS) is 23.0. The molecule has 1 fully saturated rings. The highest BCUT2D eigenvalue weighted by Crippen LogP contribution is 2.10. The first-order valence-electron chi connectivity index (χ1n) is 27.3. The summed E-state index contributed by atoms with van der Waals surface area (Å²) in [5, 5.41) is 68.5. The number of rotatable bonds is 27. The Morgan fingerprint density at radius 1 is 0.593 bits per heavy atom. The number of nitrogens with two attached hydrogens (primary N) is 4. The lowest BCUT2D eigenvalue weighted by atomic mass is 10.0. The van der Waals surface area contributed by atoms with Gasteiger partial charge in [-0.3, -0.25) is 52.7 Å². The molecule has 12 atom stereocenters. The van der Waals surface area contributed by atoms with Gasteiger partial charge in [-0.1, -0.05) is 62.9 Å². The third kappa shape index (κ3) is 24.8. The minimum atomic E-state index is -1.90. The van der Waals surface area contributed by atoms with E-state index in [0.717, 1.165) is 32.6 Å². The molecule has 23 N–H and O–H groups in total. The first kappa shape index (κ1) is 70.2. The van der Waals surface area contributed by atoms with Crippen LogP contribution in [-0.2, 0) is 59.2 Å². The van der Waals surface area contributed by atoms with Crippen LogP contribution in [0, 0.1) is 0 Å². The van der Waals surface area contributed by atoms with E-state index in [4.69, 9.17) is 22.9 Å². The van der Waals surface area contributed by atoms with Crippen molar-refractivity contribution in [2.45, 2.75) is 170 Å². The predicted octanol–water partition coefficient (Wildman–Crippen LogP) is -7.90. The Balaban J connectivity index is 2.61. The number of aliphatic hydroxyl groups excluding tert-OH is 4. The molecule has 2 rings (SSSR count). The molecule has 1 aliphatic heterocycles. The zero-order chi connectivity index (χ0) is 60.6. The van der Waals surface area contributed by atoms with Gasteiger partial charge in [0.1, 0.15) is 60.4 Å². The van der Waals surface area contributed by atoms with Gasteiger partial charge in [0.15, 0.2) is 0 Å². The lowest BCUT2D eigenvalue weighted by molar-refractivity contribution is -0.137. The van der Waals surface area contributed by atoms with Crippen LogP contribution in [0.25, 0.3) is 0 Å². The second kappa shape index (κ2) is 37.9. The van der Waals surface area contributed by atoms with Gasteiger partial charge in [0.25, 0.3) is 0 Å². The molecular formula is C51H87N15O15. The van der Waals surface area contributed by atoms with Gasteiger partial charge in [0.2, 0.25) is 65.0 Å². The quantitative estimate of drug-likeness (QED) is 0.0364. The van der Waals surface area contributed by atoms with Crippen molar-refractivity contribution in [1.29, 1.82) is 0 Å². The van der Waals surface area contributed by atoms with Crippen molar-refractivity contribution in [2.24, 2.45) is 22.9 Å². The fourth-order valence-corrected chi connectivity index (χ4v) is 8.28. The van der Waals surface area contributed by atoms with Gasteiger partial charge < -0.3 is 102 Å². The monoisotopic (exact) mass is 1150 g/mol. The highest BCUT2D eigenvalue weighted by Gasteiger charge is 2.37. The topological polar surface area (TPSA) is 505 Å². The molecule has 0 spiro atoms. The summed E-state index contributed by atoms with van der Waals surface area (Å²) in [4.78, 5) is 151. The van der Waals surface area contributed by atoms with Crippen LogP contribution in [0.15, 0.2) is 30.3 Å². The molecule has 0 aromatic heterocycles. The van der Waals surface area contributed by atoms with Crippen molar-refractivity contribution in [1.82, 2.24) is 58.5 Å². The van der Waals surface area contributed by atoms with Gasteiger partial charge in [-0.2, -0.15) is 0 Å². The van der Waals surface area contributed by atoms with Gasteiger partial charge in [0.05, 0.1) is 25.4 Å². The smallest absolute Gasteiger partial charge is 0.245 e. The molecule has 1 heterocycles. The molecule has 0 radical (unpaired) electrons. The van der Waals surface area contributed by atoms with E-state index in [9.17, 15) is 73.2 Å². The van der Waals surface area contributed by atoms with Crippen LogP contribution in [0.5, 0.6) is 0 Å². The highest BCUT2D eigenvalue weighted by atomic mass is 16.3. The fourth-order valence-electron chi connectivity index (χ4n) is 8.28. The SMILES string of the molecule is CCCCCCCC(=O)N[C@@H](CCN)C(=O)N[C@H](C(=O)NC(CO)C(=O)N[C@H]1CCNC(=O)[C@H](CO)NC(=O)[C@H](CCN)NC(=O)[C@H](CCN)NC(=O)[C@H]([C@@H](C)O)NC(=O)[C@@H](Cc2ccccc2)NC(=O)[C@H](CCN)NC1=O)[C@@H](C)O. The Hall–Kier alpha value is -6.93. The third-order valence-electron chi connectivity index (χ3n) is 12.9. The van der Waals surface area contributed by atoms with E-state index in [1.54, 1.807) is 30.3 Å². The maximum atomic E-state index is 14.3. The Morgan fingerprint density at radius 2 is 1.12 bits per heavy atom. The van der Waals surface area contributed by atoms with Crippen molar-refractivity contribution in [3.8, 4) is 0 Å². The van der Waals surface area contributed by atoms with Gasteiger partial charge >= 0.3 is 0 Å². The maximum absolute atomic E-state index is 14.3. The van der Waals surface area contributed by atoms with Crippen molar-refractivity contribution in [2.75, 3.05) is 45.9 Å². The molecule has 1 aliphatic rings. The molecule has 30 nitrogen and oxygen atoms in total.